The molecular formula is C34H35F2N2O2+. The summed E-state index contributed by atoms with van der Waals surface area (Å²) in [6.45, 7) is 5.58. The van der Waals surface area contributed by atoms with Crippen molar-refractivity contribution < 1.29 is 18.3 Å². The standard InChI is InChI=1S/C34H35F2N2O2/c35-30-15-11-28(12-16-30)34(29-13-17-31(36)18-14-29)40-26-22-37-20-24-38(25-21-37,32-9-5-2-6-10-32)23-19-33(39)27-7-3-1-4-8-27/h1-18,34H,19-26H2/q+1. The molecule has 4 aromatic rings. The van der Waals surface area contributed by atoms with Crippen LogP contribution >= 0.6 is 0 Å². The summed E-state index contributed by atoms with van der Waals surface area (Å²) in [5, 5.41) is 0. The summed E-state index contributed by atoms with van der Waals surface area (Å²) < 4.78 is 34.2. The minimum Gasteiger partial charge on any atom is -0.367 e. The van der Waals surface area contributed by atoms with Crippen molar-refractivity contribution in [3.63, 3.8) is 0 Å². The lowest BCUT2D eigenvalue weighted by Crippen LogP contribution is -2.61. The number of carbonyl (C=O) groups is 1. The maximum atomic E-state index is 13.6. The van der Waals surface area contributed by atoms with Gasteiger partial charge in [-0.3, -0.25) is 14.2 Å². The zero-order valence-electron chi connectivity index (χ0n) is 22.6. The molecule has 1 heterocycles. The molecule has 5 rings (SSSR count). The van der Waals surface area contributed by atoms with Crippen molar-refractivity contribution in [2.45, 2.75) is 12.5 Å². The number of Topliss-reactive ketones (excluding diaryl/α,β-unsaturated/α-hetero) is 1. The van der Waals surface area contributed by atoms with E-state index in [1.165, 1.54) is 30.0 Å². The van der Waals surface area contributed by atoms with Crippen LogP contribution in [0.1, 0.15) is 34.0 Å². The lowest BCUT2D eigenvalue weighted by atomic mass is 10.0. The molecule has 0 bridgehead atoms. The third-order valence-electron chi connectivity index (χ3n) is 7.89. The molecule has 206 valence electrons. The maximum Gasteiger partial charge on any atom is 0.168 e. The molecule has 4 aromatic carbocycles. The van der Waals surface area contributed by atoms with E-state index in [9.17, 15) is 13.6 Å². The van der Waals surface area contributed by atoms with Crippen LogP contribution in [0.4, 0.5) is 14.5 Å². The number of carbonyl (C=O) groups excluding carboxylic acids is 1. The number of piperazine rings is 1. The fraction of sp³-hybridized carbons (Fsp3) is 0.265. The number of ether oxygens (including phenoxy) is 1. The Labute approximate surface area is 235 Å². The van der Waals surface area contributed by atoms with Crippen LogP contribution in [0.3, 0.4) is 0 Å². The van der Waals surface area contributed by atoms with Crippen molar-refractivity contribution in [3.8, 4) is 0 Å². The predicted molar refractivity (Wildman–Crippen MR) is 155 cm³/mol. The monoisotopic (exact) mass is 541 g/mol. The Kier molecular flexibility index (Phi) is 9.12. The number of hydrogen-bond acceptors (Lipinski definition) is 3. The van der Waals surface area contributed by atoms with Crippen LogP contribution in [-0.2, 0) is 4.74 Å². The van der Waals surface area contributed by atoms with Gasteiger partial charge in [0, 0.05) is 25.2 Å². The van der Waals surface area contributed by atoms with Gasteiger partial charge in [-0.25, -0.2) is 8.78 Å². The normalized spacial score (nSPS) is 15.3. The van der Waals surface area contributed by atoms with Crippen molar-refractivity contribution in [2.75, 3.05) is 45.9 Å². The molecule has 1 aliphatic heterocycles. The number of halogens is 2. The molecule has 0 aliphatic carbocycles. The van der Waals surface area contributed by atoms with Gasteiger partial charge in [0.1, 0.15) is 23.4 Å². The SMILES string of the molecule is O=C(CC[N+]1(c2ccccc2)CCN(CCOC(c2ccc(F)cc2)c2ccc(F)cc2)CC1)c1ccccc1. The summed E-state index contributed by atoms with van der Waals surface area (Å²) in [6, 6.07) is 32.6. The molecule has 6 heteroatoms. The minimum absolute atomic E-state index is 0.178. The molecule has 1 saturated heterocycles. The Bertz CT molecular complexity index is 1310. The van der Waals surface area contributed by atoms with E-state index in [4.69, 9.17) is 4.74 Å². The van der Waals surface area contributed by atoms with Crippen molar-refractivity contribution in [1.29, 1.82) is 0 Å². The Balaban J connectivity index is 1.21. The van der Waals surface area contributed by atoms with Crippen LogP contribution in [0.5, 0.6) is 0 Å². The van der Waals surface area contributed by atoms with Crippen LogP contribution < -0.4 is 4.48 Å². The number of ketones is 1. The van der Waals surface area contributed by atoms with Crippen LogP contribution in [0.25, 0.3) is 0 Å². The smallest absolute Gasteiger partial charge is 0.168 e. The first-order valence-corrected chi connectivity index (χ1v) is 13.9. The fourth-order valence-electron chi connectivity index (χ4n) is 5.51. The molecule has 4 nitrogen and oxygen atoms in total. The molecule has 0 atom stereocenters. The summed E-state index contributed by atoms with van der Waals surface area (Å²) in [7, 11) is 0. The lowest BCUT2D eigenvalue weighted by molar-refractivity contribution is 0.0457. The summed E-state index contributed by atoms with van der Waals surface area (Å²) >= 11 is 0. The predicted octanol–water partition coefficient (Wildman–Crippen LogP) is 6.67. The van der Waals surface area contributed by atoms with Crippen LogP contribution in [0.15, 0.2) is 109 Å². The van der Waals surface area contributed by atoms with Crippen LogP contribution in [0, 0.1) is 11.6 Å². The van der Waals surface area contributed by atoms with E-state index >= 15 is 0 Å². The highest BCUT2D eigenvalue weighted by atomic mass is 19.1. The highest BCUT2D eigenvalue weighted by Gasteiger charge is 2.35. The van der Waals surface area contributed by atoms with Gasteiger partial charge in [0.15, 0.2) is 5.78 Å². The summed E-state index contributed by atoms with van der Waals surface area (Å²) in [6.07, 6.45) is 0.0909. The van der Waals surface area contributed by atoms with E-state index in [0.717, 1.165) is 60.4 Å². The zero-order chi connectivity index (χ0) is 27.8. The maximum absolute atomic E-state index is 13.6. The van der Waals surface area contributed by atoms with E-state index in [-0.39, 0.29) is 17.4 Å². The average Bonchev–Trinajstić information content (AvgIpc) is 3.01. The molecule has 1 fully saturated rings. The molecule has 0 radical (unpaired) electrons. The first kappa shape index (κ1) is 27.8. The molecule has 0 N–H and O–H groups in total. The third kappa shape index (κ3) is 6.89. The first-order chi connectivity index (χ1) is 19.5. The number of nitrogens with zero attached hydrogens (tertiary/aromatic N) is 2. The highest BCUT2D eigenvalue weighted by molar-refractivity contribution is 5.96. The Hall–Kier alpha value is -3.71. The number of para-hydroxylation sites is 1. The van der Waals surface area contributed by atoms with Crippen molar-refractivity contribution in [1.82, 2.24) is 9.38 Å². The minimum atomic E-state index is -0.408. The summed E-state index contributed by atoms with van der Waals surface area (Å²) in [5.74, 6) is -0.432. The van der Waals surface area contributed by atoms with Gasteiger partial charge in [-0.05, 0) is 47.5 Å². The molecule has 0 spiro atoms. The van der Waals surface area contributed by atoms with Crippen molar-refractivity contribution >= 4 is 11.5 Å². The van der Waals surface area contributed by atoms with Gasteiger partial charge in [0.2, 0.25) is 0 Å². The second kappa shape index (κ2) is 13.1. The first-order valence-electron chi connectivity index (χ1n) is 13.9. The van der Waals surface area contributed by atoms with Gasteiger partial charge in [-0.1, -0.05) is 72.8 Å². The molecule has 0 unspecified atom stereocenters. The number of hydrogen-bond donors (Lipinski definition) is 0. The van der Waals surface area contributed by atoms with Crippen LogP contribution in [-0.4, -0.2) is 56.6 Å². The number of benzene rings is 4. The molecule has 0 saturated carbocycles. The van der Waals surface area contributed by atoms with Gasteiger partial charge in [0.25, 0.3) is 0 Å². The van der Waals surface area contributed by atoms with Crippen molar-refractivity contribution in [2.24, 2.45) is 0 Å². The largest absolute Gasteiger partial charge is 0.367 e. The fourth-order valence-corrected chi connectivity index (χ4v) is 5.51. The molecule has 0 amide bonds. The topological polar surface area (TPSA) is 29.5 Å². The second-order valence-corrected chi connectivity index (χ2v) is 10.4. The van der Waals surface area contributed by atoms with Gasteiger partial charge in [-0.15, -0.1) is 0 Å². The van der Waals surface area contributed by atoms with E-state index in [0.29, 0.717) is 13.0 Å². The van der Waals surface area contributed by atoms with Gasteiger partial charge in [-0.2, -0.15) is 0 Å². The zero-order valence-corrected chi connectivity index (χ0v) is 22.6. The quantitative estimate of drug-likeness (QED) is 0.157. The molecular weight excluding hydrogens is 506 g/mol. The number of quaternary nitrogens is 1. The molecule has 1 aliphatic rings. The van der Waals surface area contributed by atoms with E-state index in [1.54, 1.807) is 24.3 Å². The van der Waals surface area contributed by atoms with Gasteiger partial charge >= 0.3 is 0 Å². The summed E-state index contributed by atoms with van der Waals surface area (Å²) in [5.41, 5.74) is 3.66. The number of rotatable bonds is 11. The van der Waals surface area contributed by atoms with Gasteiger partial charge in [0.05, 0.1) is 32.7 Å². The van der Waals surface area contributed by atoms with Crippen LogP contribution in [0.2, 0.25) is 0 Å². The van der Waals surface area contributed by atoms with E-state index in [1.807, 2.05) is 36.4 Å². The van der Waals surface area contributed by atoms with E-state index in [2.05, 4.69) is 29.2 Å². The Morgan fingerprint density at radius 3 is 1.82 bits per heavy atom. The lowest BCUT2D eigenvalue weighted by Gasteiger charge is -2.44. The second-order valence-electron chi connectivity index (χ2n) is 10.4. The Morgan fingerprint density at radius 1 is 0.750 bits per heavy atom. The summed E-state index contributed by atoms with van der Waals surface area (Å²) in [4.78, 5) is 15.3. The average molecular weight is 542 g/mol. The molecule has 40 heavy (non-hydrogen) atoms. The van der Waals surface area contributed by atoms with E-state index < -0.39 is 6.10 Å². The van der Waals surface area contributed by atoms with Crippen molar-refractivity contribution in [3.05, 3.63) is 138 Å². The van der Waals surface area contributed by atoms with Gasteiger partial charge < -0.3 is 4.74 Å². The Morgan fingerprint density at radius 2 is 1.27 bits per heavy atom. The third-order valence-corrected chi connectivity index (χ3v) is 7.89. The highest BCUT2D eigenvalue weighted by Crippen LogP contribution is 2.28. The molecule has 0 aromatic heterocycles.